The van der Waals surface area contributed by atoms with Crippen molar-refractivity contribution in [1.82, 2.24) is 0 Å². The molecule has 0 aromatic rings. The van der Waals surface area contributed by atoms with Crippen molar-refractivity contribution in [2.24, 2.45) is 0 Å². The summed E-state index contributed by atoms with van der Waals surface area (Å²) in [7, 11) is 0. The van der Waals surface area contributed by atoms with Gasteiger partial charge in [-0.3, -0.25) is 0 Å². The van der Waals surface area contributed by atoms with Crippen molar-refractivity contribution in [2.45, 2.75) is 31.3 Å². The fourth-order valence-corrected chi connectivity index (χ4v) is 0.847. The molecule has 0 spiro atoms. The second-order valence-electron chi connectivity index (χ2n) is 2.83. The van der Waals surface area contributed by atoms with Crippen LogP contribution >= 0.6 is 0 Å². The van der Waals surface area contributed by atoms with Crippen LogP contribution in [-0.2, 0) is 9.53 Å². The molecule has 0 aliphatic carbocycles. The number of aldehydes is 1. The molecule has 0 aliphatic rings. The van der Waals surface area contributed by atoms with Gasteiger partial charge < -0.3 is 30.0 Å². The largest absolute Gasteiger partial charge is 0.388 e. The molecule has 6 heteroatoms. The van der Waals surface area contributed by atoms with Crippen molar-refractivity contribution < 1.29 is 30.0 Å². The number of carbonyl (C=O) groups excluding carboxylic acids is 1. The quantitative estimate of drug-likeness (QED) is 0.349. The fourth-order valence-electron chi connectivity index (χ4n) is 0.847. The van der Waals surface area contributed by atoms with Crippen LogP contribution in [0.1, 0.15) is 6.92 Å². The van der Waals surface area contributed by atoms with E-state index < -0.39 is 24.4 Å². The summed E-state index contributed by atoms with van der Waals surface area (Å²) in [5.41, 5.74) is 0. The maximum Gasteiger partial charge on any atom is 0.151 e. The normalized spacial score (nSPS) is 19.8. The zero-order valence-corrected chi connectivity index (χ0v) is 7.91. The van der Waals surface area contributed by atoms with Gasteiger partial charge in [0, 0.05) is 6.61 Å². The molecule has 6 nitrogen and oxygen atoms in total. The molecule has 0 radical (unpaired) electrons. The first-order valence-electron chi connectivity index (χ1n) is 4.29. The highest BCUT2D eigenvalue weighted by Crippen LogP contribution is 2.04. The van der Waals surface area contributed by atoms with Crippen LogP contribution in [0.4, 0.5) is 0 Å². The number of aliphatic hydroxyl groups is 4. The van der Waals surface area contributed by atoms with Crippen molar-refractivity contribution in [3.8, 4) is 0 Å². The summed E-state index contributed by atoms with van der Waals surface area (Å²) in [5, 5.41) is 36.4. The molecular formula is C8H16O6. The minimum absolute atomic E-state index is 0.0846. The van der Waals surface area contributed by atoms with E-state index in [1.165, 1.54) is 0 Å². The van der Waals surface area contributed by atoms with Gasteiger partial charge in [0.15, 0.2) is 6.29 Å². The van der Waals surface area contributed by atoms with Crippen LogP contribution in [0.2, 0.25) is 0 Å². The predicted molar refractivity (Wildman–Crippen MR) is 46.6 cm³/mol. The van der Waals surface area contributed by atoms with Gasteiger partial charge in [0.2, 0.25) is 0 Å². The monoisotopic (exact) mass is 208 g/mol. The van der Waals surface area contributed by atoms with Crippen molar-refractivity contribution in [1.29, 1.82) is 0 Å². The molecule has 0 rings (SSSR count). The van der Waals surface area contributed by atoms with Crippen molar-refractivity contribution >= 4 is 6.29 Å². The van der Waals surface area contributed by atoms with Crippen LogP contribution in [0.15, 0.2) is 0 Å². The molecule has 0 heterocycles. The highest BCUT2D eigenvalue weighted by atomic mass is 16.5. The molecule has 84 valence electrons. The molecule has 0 aliphatic heterocycles. The molecule has 0 aromatic heterocycles. The lowest BCUT2D eigenvalue weighted by atomic mass is 10.0. The summed E-state index contributed by atoms with van der Waals surface area (Å²) < 4.78 is 4.79. The van der Waals surface area contributed by atoms with E-state index in [0.717, 1.165) is 0 Å². The molecule has 14 heavy (non-hydrogen) atoms. The summed E-state index contributed by atoms with van der Waals surface area (Å²) in [6, 6.07) is 0. The SMILES string of the molecule is CCOC[C@H](O)[C@@H](O)[C@@H](O)[C@H](O)C=O. The van der Waals surface area contributed by atoms with Gasteiger partial charge in [0.05, 0.1) is 6.61 Å². The average molecular weight is 208 g/mol. The molecule has 0 bridgehead atoms. The first-order chi connectivity index (χ1) is 6.54. The van der Waals surface area contributed by atoms with Gasteiger partial charge in [-0.1, -0.05) is 0 Å². The number of ether oxygens (including phenoxy) is 1. The van der Waals surface area contributed by atoms with Gasteiger partial charge in [0.1, 0.15) is 24.4 Å². The number of aliphatic hydroxyl groups excluding tert-OH is 4. The van der Waals surface area contributed by atoms with Gasteiger partial charge in [-0.05, 0) is 6.92 Å². The molecule has 4 N–H and O–H groups in total. The molecule has 0 saturated carbocycles. The number of hydrogen-bond acceptors (Lipinski definition) is 6. The van der Waals surface area contributed by atoms with Crippen LogP contribution in [0, 0.1) is 0 Å². The number of carbonyl (C=O) groups is 1. The van der Waals surface area contributed by atoms with E-state index in [1.807, 2.05) is 0 Å². The third kappa shape index (κ3) is 4.12. The third-order valence-corrected chi connectivity index (χ3v) is 1.73. The highest BCUT2D eigenvalue weighted by molar-refractivity contribution is 5.56. The zero-order chi connectivity index (χ0) is 11.1. The molecule has 0 unspecified atom stereocenters. The Morgan fingerprint density at radius 3 is 2.21 bits per heavy atom. The van der Waals surface area contributed by atoms with E-state index in [2.05, 4.69) is 0 Å². The molecule has 0 fully saturated rings. The van der Waals surface area contributed by atoms with Gasteiger partial charge in [-0.15, -0.1) is 0 Å². The minimum Gasteiger partial charge on any atom is -0.388 e. The molecule has 4 atom stereocenters. The summed E-state index contributed by atoms with van der Waals surface area (Å²) in [6.45, 7) is 1.90. The van der Waals surface area contributed by atoms with E-state index >= 15 is 0 Å². The molecular weight excluding hydrogens is 192 g/mol. The van der Waals surface area contributed by atoms with E-state index in [0.29, 0.717) is 6.61 Å². The Morgan fingerprint density at radius 2 is 1.79 bits per heavy atom. The highest BCUT2D eigenvalue weighted by Gasteiger charge is 2.29. The Morgan fingerprint density at radius 1 is 1.21 bits per heavy atom. The Bertz CT molecular complexity index is 162. The van der Waals surface area contributed by atoms with Crippen molar-refractivity contribution in [3.63, 3.8) is 0 Å². The van der Waals surface area contributed by atoms with E-state index in [1.54, 1.807) is 6.92 Å². The smallest absolute Gasteiger partial charge is 0.151 e. The van der Waals surface area contributed by atoms with Gasteiger partial charge >= 0.3 is 0 Å². The second-order valence-corrected chi connectivity index (χ2v) is 2.83. The fraction of sp³-hybridized carbons (Fsp3) is 0.875. The number of rotatable bonds is 7. The average Bonchev–Trinajstić information content (AvgIpc) is 2.22. The molecule has 0 amide bonds. The summed E-state index contributed by atoms with van der Waals surface area (Å²) in [6.07, 6.45) is -6.27. The summed E-state index contributed by atoms with van der Waals surface area (Å²) in [4.78, 5) is 10.1. The topological polar surface area (TPSA) is 107 Å². The van der Waals surface area contributed by atoms with Crippen molar-refractivity contribution in [2.75, 3.05) is 13.2 Å². The van der Waals surface area contributed by atoms with Crippen LogP contribution in [0.3, 0.4) is 0 Å². The van der Waals surface area contributed by atoms with Gasteiger partial charge in [-0.2, -0.15) is 0 Å². The Hall–Kier alpha value is -0.530. The maximum absolute atomic E-state index is 10.1. The van der Waals surface area contributed by atoms with Crippen LogP contribution in [0.25, 0.3) is 0 Å². The zero-order valence-electron chi connectivity index (χ0n) is 7.91. The maximum atomic E-state index is 10.1. The van der Waals surface area contributed by atoms with E-state index in [4.69, 9.17) is 14.9 Å². The first kappa shape index (κ1) is 13.5. The van der Waals surface area contributed by atoms with Crippen LogP contribution in [-0.4, -0.2) is 64.3 Å². The van der Waals surface area contributed by atoms with E-state index in [-0.39, 0.29) is 12.9 Å². The lowest BCUT2D eigenvalue weighted by molar-refractivity contribution is -0.138. The Balaban J connectivity index is 4.02. The minimum atomic E-state index is -1.71. The second kappa shape index (κ2) is 6.86. The van der Waals surface area contributed by atoms with Crippen LogP contribution < -0.4 is 0 Å². The number of hydrogen-bond donors (Lipinski definition) is 4. The molecule has 0 aromatic carbocycles. The van der Waals surface area contributed by atoms with Gasteiger partial charge in [-0.25, -0.2) is 0 Å². The van der Waals surface area contributed by atoms with Crippen LogP contribution in [0.5, 0.6) is 0 Å². The summed E-state index contributed by atoms with van der Waals surface area (Å²) in [5.74, 6) is 0. The third-order valence-electron chi connectivity index (χ3n) is 1.73. The lowest BCUT2D eigenvalue weighted by Gasteiger charge is -2.23. The Kier molecular flexibility index (Phi) is 6.60. The lowest BCUT2D eigenvalue weighted by Crippen LogP contribution is -2.46. The predicted octanol–water partition coefficient (Wildman–Crippen LogP) is -2.33. The van der Waals surface area contributed by atoms with Crippen molar-refractivity contribution in [3.05, 3.63) is 0 Å². The summed E-state index contributed by atoms with van der Waals surface area (Å²) >= 11 is 0. The van der Waals surface area contributed by atoms with Gasteiger partial charge in [0.25, 0.3) is 0 Å². The molecule has 0 saturated heterocycles. The standard InChI is InChI=1S/C8H16O6/c1-2-14-4-6(11)8(13)7(12)5(10)3-9/h3,5-8,10-13H,2,4H2,1H3/t5-,6+,7+,8-/m1/s1. The first-order valence-corrected chi connectivity index (χ1v) is 4.29. The Labute approximate surface area is 81.7 Å². The van der Waals surface area contributed by atoms with E-state index in [9.17, 15) is 15.0 Å².